The monoisotopic (exact) mass is 333 g/mol. The zero-order valence-corrected chi connectivity index (χ0v) is 13.0. The molecule has 2 aromatic rings. The van der Waals surface area contributed by atoms with Crippen molar-refractivity contribution in [1.29, 1.82) is 5.41 Å². The smallest absolute Gasteiger partial charge is 0.226 e. The lowest BCUT2D eigenvalue weighted by molar-refractivity contribution is 0.854. The van der Waals surface area contributed by atoms with Crippen molar-refractivity contribution in [3.05, 3.63) is 51.8 Å². The van der Waals surface area contributed by atoms with Crippen LogP contribution in [0.1, 0.15) is 17.0 Å². The molecular formula is C14H16BrN5. The quantitative estimate of drug-likeness (QED) is 0.665. The van der Waals surface area contributed by atoms with Gasteiger partial charge in [-0.3, -0.25) is 5.41 Å². The van der Waals surface area contributed by atoms with Gasteiger partial charge in [0.15, 0.2) is 0 Å². The Bertz CT molecular complexity index is 641. The van der Waals surface area contributed by atoms with Gasteiger partial charge >= 0.3 is 0 Å². The van der Waals surface area contributed by atoms with Crippen LogP contribution in [0.15, 0.2) is 34.8 Å². The van der Waals surface area contributed by atoms with E-state index in [-0.39, 0.29) is 5.84 Å². The Balaban J connectivity index is 2.27. The van der Waals surface area contributed by atoms with Gasteiger partial charge in [-0.2, -0.15) is 0 Å². The average Bonchev–Trinajstić information content (AvgIpc) is 2.40. The number of amidine groups is 1. The minimum atomic E-state index is -0.0500. The lowest BCUT2D eigenvalue weighted by atomic mass is 10.2. The summed E-state index contributed by atoms with van der Waals surface area (Å²) in [6.07, 6.45) is 0. The molecule has 3 N–H and O–H groups in total. The standard InChI is InChI=1S/C14H16BrN5/c1-9-7-12(13(16)17)19-14(18-9)20(2)8-10-5-3-4-6-11(10)15/h3-7H,8H2,1-2H3,(H3,16,17). The van der Waals surface area contributed by atoms with Crippen LogP contribution in [0.2, 0.25) is 0 Å². The normalized spacial score (nSPS) is 10.3. The maximum absolute atomic E-state index is 7.49. The number of benzene rings is 1. The van der Waals surface area contributed by atoms with Crippen LogP contribution in [0.3, 0.4) is 0 Å². The zero-order chi connectivity index (χ0) is 14.7. The van der Waals surface area contributed by atoms with Crippen LogP contribution < -0.4 is 10.6 Å². The first-order valence-electron chi connectivity index (χ1n) is 6.12. The number of hydrogen-bond acceptors (Lipinski definition) is 4. The number of rotatable bonds is 4. The van der Waals surface area contributed by atoms with E-state index in [1.54, 1.807) is 6.07 Å². The van der Waals surface area contributed by atoms with Crippen LogP contribution in [0.5, 0.6) is 0 Å². The molecule has 0 spiro atoms. The molecule has 1 aromatic heterocycles. The van der Waals surface area contributed by atoms with Crippen LogP contribution >= 0.6 is 15.9 Å². The molecule has 1 aromatic carbocycles. The molecule has 0 unspecified atom stereocenters. The third kappa shape index (κ3) is 3.33. The zero-order valence-electron chi connectivity index (χ0n) is 11.4. The number of nitrogens with two attached hydrogens (primary N) is 1. The Kier molecular flexibility index (Phi) is 4.34. The van der Waals surface area contributed by atoms with Crippen molar-refractivity contribution in [3.8, 4) is 0 Å². The molecule has 1 heterocycles. The summed E-state index contributed by atoms with van der Waals surface area (Å²) >= 11 is 3.53. The number of halogens is 1. The van der Waals surface area contributed by atoms with Gasteiger partial charge in [0, 0.05) is 23.8 Å². The van der Waals surface area contributed by atoms with Crippen LogP contribution in [-0.4, -0.2) is 22.9 Å². The maximum Gasteiger partial charge on any atom is 0.226 e. The lowest BCUT2D eigenvalue weighted by Gasteiger charge is -2.19. The Hall–Kier alpha value is -1.95. The van der Waals surface area contributed by atoms with Crippen LogP contribution in [0.4, 0.5) is 5.95 Å². The molecule has 0 atom stereocenters. The van der Waals surface area contributed by atoms with E-state index in [1.807, 2.05) is 43.1 Å². The molecular weight excluding hydrogens is 318 g/mol. The van der Waals surface area contributed by atoms with Gasteiger partial charge in [0.25, 0.3) is 0 Å². The summed E-state index contributed by atoms with van der Waals surface area (Å²) in [5, 5.41) is 7.49. The Labute approximate surface area is 126 Å². The fourth-order valence-corrected chi connectivity index (χ4v) is 2.22. The first kappa shape index (κ1) is 14.5. The summed E-state index contributed by atoms with van der Waals surface area (Å²) in [4.78, 5) is 10.6. The minimum absolute atomic E-state index is 0.0500. The van der Waals surface area contributed by atoms with Crippen molar-refractivity contribution in [3.63, 3.8) is 0 Å². The van der Waals surface area contributed by atoms with Crippen molar-refractivity contribution in [2.24, 2.45) is 5.73 Å². The second-order valence-corrected chi connectivity index (χ2v) is 5.41. The summed E-state index contributed by atoms with van der Waals surface area (Å²) in [7, 11) is 1.91. The van der Waals surface area contributed by atoms with E-state index in [0.29, 0.717) is 18.2 Å². The summed E-state index contributed by atoms with van der Waals surface area (Å²) in [5.41, 5.74) is 7.88. The van der Waals surface area contributed by atoms with E-state index in [9.17, 15) is 0 Å². The Morgan fingerprint density at radius 1 is 1.35 bits per heavy atom. The number of nitrogen functional groups attached to an aromatic ring is 1. The molecule has 0 bridgehead atoms. The molecule has 2 rings (SSSR count). The van der Waals surface area contributed by atoms with Gasteiger partial charge in [-0.15, -0.1) is 0 Å². The second kappa shape index (κ2) is 6.00. The summed E-state index contributed by atoms with van der Waals surface area (Å²) in [6, 6.07) is 9.72. The topological polar surface area (TPSA) is 78.9 Å². The van der Waals surface area contributed by atoms with Gasteiger partial charge in [0.2, 0.25) is 5.95 Å². The van der Waals surface area contributed by atoms with E-state index < -0.39 is 0 Å². The number of anilines is 1. The number of aryl methyl sites for hydroxylation is 1. The number of hydrogen-bond donors (Lipinski definition) is 2. The lowest BCUT2D eigenvalue weighted by Crippen LogP contribution is -2.22. The third-order valence-electron chi connectivity index (χ3n) is 2.83. The summed E-state index contributed by atoms with van der Waals surface area (Å²) in [6.45, 7) is 2.53. The van der Waals surface area contributed by atoms with E-state index in [4.69, 9.17) is 11.1 Å². The second-order valence-electron chi connectivity index (χ2n) is 4.56. The summed E-state index contributed by atoms with van der Waals surface area (Å²) in [5.74, 6) is 0.511. The number of nitrogens with one attached hydrogen (secondary N) is 1. The molecule has 20 heavy (non-hydrogen) atoms. The van der Waals surface area contributed by atoms with E-state index in [2.05, 4.69) is 25.9 Å². The Morgan fingerprint density at radius 2 is 2.05 bits per heavy atom. The van der Waals surface area contributed by atoms with Gasteiger partial charge in [0.05, 0.1) is 0 Å². The third-order valence-corrected chi connectivity index (χ3v) is 3.60. The van der Waals surface area contributed by atoms with Crippen molar-refractivity contribution in [2.75, 3.05) is 11.9 Å². The predicted molar refractivity (Wildman–Crippen MR) is 84.0 cm³/mol. The predicted octanol–water partition coefficient (Wildman–Crippen LogP) is 2.47. The molecule has 0 amide bonds. The molecule has 0 aliphatic carbocycles. The van der Waals surface area contributed by atoms with Gasteiger partial charge in [0.1, 0.15) is 11.5 Å². The van der Waals surface area contributed by atoms with E-state index in [0.717, 1.165) is 15.7 Å². The van der Waals surface area contributed by atoms with Crippen molar-refractivity contribution >= 4 is 27.7 Å². The average molecular weight is 334 g/mol. The van der Waals surface area contributed by atoms with Crippen molar-refractivity contribution < 1.29 is 0 Å². The first-order valence-corrected chi connectivity index (χ1v) is 6.91. The molecule has 0 radical (unpaired) electrons. The fraction of sp³-hybridized carbons (Fsp3) is 0.214. The highest BCUT2D eigenvalue weighted by Crippen LogP contribution is 2.19. The van der Waals surface area contributed by atoms with Gasteiger partial charge < -0.3 is 10.6 Å². The van der Waals surface area contributed by atoms with E-state index >= 15 is 0 Å². The van der Waals surface area contributed by atoms with Crippen molar-refractivity contribution in [2.45, 2.75) is 13.5 Å². The van der Waals surface area contributed by atoms with Crippen LogP contribution in [0.25, 0.3) is 0 Å². The fourth-order valence-electron chi connectivity index (χ4n) is 1.81. The van der Waals surface area contributed by atoms with Crippen LogP contribution in [0, 0.1) is 12.3 Å². The molecule has 0 saturated heterocycles. The largest absolute Gasteiger partial charge is 0.382 e. The van der Waals surface area contributed by atoms with Gasteiger partial charge in [-0.1, -0.05) is 34.1 Å². The SMILES string of the molecule is Cc1cc(C(=N)N)nc(N(C)Cc2ccccc2Br)n1. The molecule has 5 nitrogen and oxygen atoms in total. The summed E-state index contributed by atoms with van der Waals surface area (Å²) < 4.78 is 1.05. The van der Waals surface area contributed by atoms with Gasteiger partial charge in [-0.05, 0) is 24.6 Å². The van der Waals surface area contributed by atoms with Crippen LogP contribution in [-0.2, 0) is 6.54 Å². The minimum Gasteiger partial charge on any atom is -0.382 e. The highest BCUT2D eigenvalue weighted by molar-refractivity contribution is 9.10. The molecule has 6 heteroatoms. The first-order chi connectivity index (χ1) is 9.47. The van der Waals surface area contributed by atoms with Crippen molar-refractivity contribution in [1.82, 2.24) is 9.97 Å². The number of nitrogens with zero attached hydrogens (tertiary/aromatic N) is 3. The highest BCUT2D eigenvalue weighted by Gasteiger charge is 2.10. The molecule has 0 aliphatic rings. The molecule has 0 aliphatic heterocycles. The molecule has 0 fully saturated rings. The molecule has 104 valence electrons. The van der Waals surface area contributed by atoms with Gasteiger partial charge in [-0.25, -0.2) is 9.97 Å². The number of aromatic nitrogens is 2. The Morgan fingerprint density at radius 3 is 2.70 bits per heavy atom. The maximum atomic E-state index is 7.49. The highest BCUT2D eigenvalue weighted by atomic mass is 79.9. The molecule has 0 saturated carbocycles. The van der Waals surface area contributed by atoms with E-state index in [1.165, 1.54) is 0 Å².